The summed E-state index contributed by atoms with van der Waals surface area (Å²) >= 11 is 0. The van der Waals surface area contributed by atoms with Crippen molar-refractivity contribution >= 4 is 22.5 Å². The van der Waals surface area contributed by atoms with Gasteiger partial charge in [0.15, 0.2) is 0 Å². The third-order valence-corrected chi connectivity index (χ3v) is 14.9. The van der Waals surface area contributed by atoms with Gasteiger partial charge in [0.05, 0.1) is 0 Å². The zero-order valence-electron chi connectivity index (χ0n) is 15.7. The Hall–Kier alpha value is -0.136. The van der Waals surface area contributed by atoms with E-state index in [4.69, 9.17) is 4.43 Å². The van der Waals surface area contributed by atoms with Gasteiger partial charge in [-0.2, -0.15) is 0 Å². The predicted octanol–water partition coefficient (Wildman–Crippen LogP) is 4.66. The summed E-state index contributed by atoms with van der Waals surface area (Å²) in [4.78, 5) is 16.5. The number of rotatable bonds is 4. The quantitative estimate of drug-likeness (QED) is 0.762. The molecule has 0 bridgehead atoms. The highest BCUT2D eigenvalue weighted by Crippen LogP contribution is 2.45. The van der Waals surface area contributed by atoms with Crippen LogP contribution in [0.5, 0.6) is 0 Å². The first-order chi connectivity index (χ1) is 9.04. The van der Waals surface area contributed by atoms with E-state index in [0.717, 1.165) is 12.8 Å². The molecule has 0 aromatic carbocycles. The van der Waals surface area contributed by atoms with Gasteiger partial charge in [-0.25, -0.2) is 0 Å². The Morgan fingerprint density at radius 2 is 1.38 bits per heavy atom. The van der Waals surface area contributed by atoms with Crippen LogP contribution < -0.4 is 4.98 Å². The molecule has 0 spiro atoms. The molecule has 0 atom stereocenters. The Kier molecular flexibility index (Phi) is 4.68. The van der Waals surface area contributed by atoms with Crippen LogP contribution in [0.4, 0.5) is 0 Å². The van der Waals surface area contributed by atoms with Crippen LogP contribution in [0.25, 0.3) is 0 Å². The highest BCUT2D eigenvalue weighted by atomic mass is 28.4. The maximum atomic E-state index is 12.8. The van der Waals surface area contributed by atoms with Gasteiger partial charge in [0.2, 0.25) is 0 Å². The van der Waals surface area contributed by atoms with Crippen molar-refractivity contribution < 1.29 is 9.22 Å². The molecule has 3 nitrogen and oxygen atoms in total. The molecule has 124 valence electrons. The summed E-state index contributed by atoms with van der Waals surface area (Å²) in [5, 5.41) is 0.287. The van der Waals surface area contributed by atoms with Gasteiger partial charge in [0, 0.05) is 0 Å². The Balaban J connectivity index is 2.84. The van der Waals surface area contributed by atoms with Gasteiger partial charge in [0.1, 0.15) is 13.8 Å². The number of carbonyl (C=O) groups is 1. The van der Waals surface area contributed by atoms with Crippen molar-refractivity contribution in [2.24, 2.45) is 0 Å². The third-order valence-electron chi connectivity index (χ3n) is 5.72. The molecule has 0 heterocycles. The zero-order chi connectivity index (χ0) is 16.9. The molecule has 1 fully saturated rings. The van der Waals surface area contributed by atoms with Crippen LogP contribution in [0.3, 0.4) is 0 Å². The Morgan fingerprint density at radius 1 is 0.952 bits per heavy atom. The van der Waals surface area contributed by atoms with E-state index in [9.17, 15) is 4.79 Å². The molecule has 1 N–H and O–H groups in total. The second-order valence-corrected chi connectivity index (χ2v) is 19.5. The fourth-order valence-corrected chi connectivity index (χ4v) is 4.66. The molecule has 1 rings (SSSR count). The lowest BCUT2D eigenvalue weighted by Crippen LogP contribution is -2.61. The van der Waals surface area contributed by atoms with E-state index in [0.29, 0.717) is 0 Å². The van der Waals surface area contributed by atoms with E-state index in [1.54, 1.807) is 0 Å². The fourth-order valence-electron chi connectivity index (χ4n) is 1.77. The molecule has 0 aromatic heterocycles. The van der Waals surface area contributed by atoms with Crippen molar-refractivity contribution in [3.8, 4) is 0 Å². The molecule has 5 heteroatoms. The number of nitrogens with one attached hydrogen (secondary N) is 1. The van der Waals surface area contributed by atoms with E-state index in [1.165, 1.54) is 0 Å². The average Bonchev–Trinajstić information content (AvgIpc) is 2.93. The van der Waals surface area contributed by atoms with Crippen LogP contribution in [0.1, 0.15) is 54.4 Å². The van der Waals surface area contributed by atoms with Crippen LogP contribution in [0, 0.1) is 0 Å². The van der Waals surface area contributed by atoms with E-state index in [-0.39, 0.29) is 16.0 Å². The molecule has 1 aliphatic carbocycles. The monoisotopic (exact) mass is 329 g/mol. The first-order valence-electron chi connectivity index (χ1n) is 8.07. The van der Waals surface area contributed by atoms with E-state index < -0.39 is 22.1 Å². The highest BCUT2D eigenvalue weighted by Gasteiger charge is 2.57. The summed E-state index contributed by atoms with van der Waals surface area (Å²) in [5.41, 5.74) is -0.390. The molecule has 0 radical (unpaired) electrons. The van der Waals surface area contributed by atoms with Gasteiger partial charge in [-0.3, -0.25) is 4.79 Å². The number of hydrogen-bond acceptors (Lipinski definition) is 3. The van der Waals surface area contributed by atoms with E-state index in [1.807, 2.05) is 0 Å². The van der Waals surface area contributed by atoms with Crippen LogP contribution in [0.2, 0.25) is 36.3 Å². The van der Waals surface area contributed by atoms with Gasteiger partial charge >= 0.3 is 5.97 Å². The first-order valence-corrected chi connectivity index (χ1v) is 14.0. The first kappa shape index (κ1) is 18.9. The lowest BCUT2D eigenvalue weighted by molar-refractivity contribution is -0.138. The molecular formula is C16H35NO2Si2. The number of carbonyl (C=O) groups excluding carboxylic acids is 1. The van der Waals surface area contributed by atoms with Crippen molar-refractivity contribution in [3.05, 3.63) is 0 Å². The minimum atomic E-state index is -2.03. The summed E-state index contributed by atoms with van der Waals surface area (Å²) in [5.74, 6) is -0.00100. The van der Waals surface area contributed by atoms with Gasteiger partial charge in [-0.05, 0) is 36.0 Å². The molecule has 1 saturated carbocycles. The van der Waals surface area contributed by atoms with Gasteiger partial charge in [-0.15, -0.1) is 0 Å². The summed E-state index contributed by atoms with van der Waals surface area (Å²) in [6.07, 6.45) is 1.85. The van der Waals surface area contributed by atoms with Gasteiger partial charge in [0.25, 0.3) is 8.32 Å². The van der Waals surface area contributed by atoms with Crippen LogP contribution in [0.15, 0.2) is 0 Å². The van der Waals surface area contributed by atoms with Crippen molar-refractivity contribution in [2.75, 3.05) is 0 Å². The topological polar surface area (TPSA) is 38.3 Å². The van der Waals surface area contributed by atoms with Crippen molar-refractivity contribution in [1.29, 1.82) is 0 Å². The molecular weight excluding hydrogens is 294 g/mol. The Labute approximate surface area is 133 Å². The van der Waals surface area contributed by atoms with Gasteiger partial charge in [-0.1, -0.05) is 54.6 Å². The van der Waals surface area contributed by atoms with Crippen molar-refractivity contribution in [3.63, 3.8) is 0 Å². The maximum Gasteiger partial charge on any atom is 0.312 e. The molecule has 21 heavy (non-hydrogen) atoms. The largest absolute Gasteiger partial charge is 0.518 e. The standard InChI is InChI=1S/C16H35NO2Si2/c1-14(2,3)20(7,8)17-16(11-12-16)13(18)19-21(9,10)15(4,5)6/h17H,11-12H2,1-10H3. The van der Waals surface area contributed by atoms with Gasteiger partial charge < -0.3 is 9.41 Å². The normalized spacial score (nSPS) is 19.3. The SMILES string of the molecule is CC(C)(C)[Si](C)(C)NC1(C(=O)O[Si](C)(C)C(C)(C)C)CC1. The lowest BCUT2D eigenvalue weighted by Gasteiger charge is -2.42. The molecule has 0 unspecified atom stereocenters. The molecule has 0 saturated heterocycles. The van der Waals surface area contributed by atoms with E-state index in [2.05, 4.69) is 72.7 Å². The third kappa shape index (κ3) is 3.99. The molecule has 0 aliphatic heterocycles. The molecule has 1 aliphatic rings. The second kappa shape index (κ2) is 5.20. The van der Waals surface area contributed by atoms with Crippen molar-refractivity contribution in [2.45, 2.75) is 96.2 Å². The average molecular weight is 330 g/mol. The zero-order valence-corrected chi connectivity index (χ0v) is 17.7. The maximum absolute atomic E-state index is 12.8. The van der Waals surface area contributed by atoms with Crippen LogP contribution in [-0.4, -0.2) is 28.1 Å². The predicted molar refractivity (Wildman–Crippen MR) is 95.6 cm³/mol. The summed E-state index contributed by atoms with van der Waals surface area (Å²) in [6.45, 7) is 22.2. The van der Waals surface area contributed by atoms with Crippen LogP contribution in [-0.2, 0) is 9.22 Å². The highest BCUT2D eigenvalue weighted by molar-refractivity contribution is 6.78. The smallest absolute Gasteiger partial charge is 0.312 e. The summed E-state index contributed by atoms with van der Waals surface area (Å²) in [7, 11) is -3.73. The number of hydrogen-bond donors (Lipinski definition) is 1. The van der Waals surface area contributed by atoms with Crippen LogP contribution >= 0.6 is 0 Å². The summed E-state index contributed by atoms with van der Waals surface area (Å²) < 4.78 is 6.05. The molecule has 0 aromatic rings. The minimum absolute atomic E-state index is 0.00100. The fraction of sp³-hybridized carbons (Fsp3) is 0.938. The summed E-state index contributed by atoms with van der Waals surface area (Å²) in [6, 6.07) is 0. The van der Waals surface area contributed by atoms with E-state index >= 15 is 0 Å². The minimum Gasteiger partial charge on any atom is -0.518 e. The molecule has 0 amide bonds. The Bertz CT molecular complexity index is 413. The van der Waals surface area contributed by atoms with Crippen molar-refractivity contribution in [1.82, 2.24) is 4.98 Å². The second-order valence-electron chi connectivity index (χ2n) is 9.73. The lowest BCUT2D eigenvalue weighted by atomic mass is 10.2. The Morgan fingerprint density at radius 3 is 1.67 bits per heavy atom.